The molecule has 0 bridgehead atoms. The highest BCUT2D eigenvalue weighted by atomic mass is 16.5. The van der Waals surface area contributed by atoms with E-state index >= 15 is 0 Å². The van der Waals surface area contributed by atoms with Gasteiger partial charge in [-0.2, -0.15) is 0 Å². The Kier molecular flexibility index (Phi) is 4.25. The quantitative estimate of drug-likeness (QED) is 0.764. The molecular formula is C21H26N2O3. The van der Waals surface area contributed by atoms with E-state index < -0.39 is 10.8 Å². The SMILES string of the molecule is C=CCOc1ccc(NC(=O)C2(C3(C(=O)N4CCCC4)CC3)CC2)cc1. The van der Waals surface area contributed by atoms with Gasteiger partial charge in [-0.05, 0) is 62.8 Å². The predicted molar refractivity (Wildman–Crippen MR) is 99.9 cm³/mol. The molecule has 1 aromatic rings. The van der Waals surface area contributed by atoms with Gasteiger partial charge in [-0.15, -0.1) is 0 Å². The van der Waals surface area contributed by atoms with Crippen LogP contribution in [0.25, 0.3) is 0 Å². The van der Waals surface area contributed by atoms with Crippen LogP contribution in [-0.2, 0) is 9.59 Å². The van der Waals surface area contributed by atoms with Crippen LogP contribution in [0.1, 0.15) is 38.5 Å². The molecule has 5 heteroatoms. The molecule has 5 nitrogen and oxygen atoms in total. The van der Waals surface area contributed by atoms with Gasteiger partial charge in [0.05, 0.1) is 10.8 Å². The summed E-state index contributed by atoms with van der Waals surface area (Å²) < 4.78 is 5.47. The molecule has 3 fully saturated rings. The summed E-state index contributed by atoms with van der Waals surface area (Å²) in [6, 6.07) is 7.35. The number of hydrogen-bond donors (Lipinski definition) is 1. The van der Waals surface area contributed by atoms with Crippen LogP contribution >= 0.6 is 0 Å². The maximum Gasteiger partial charge on any atom is 0.231 e. The average Bonchev–Trinajstić information content (AvgIpc) is 3.57. The standard InChI is InChI=1S/C21H26N2O3/c1-2-15-26-17-7-5-16(6-8-17)22-18(24)20(9-10-20)21(11-12-21)19(25)23-13-3-4-14-23/h2,5-8H,1,3-4,9-15H2,(H,22,24). The first-order valence-corrected chi connectivity index (χ1v) is 9.56. The van der Waals surface area contributed by atoms with Crippen molar-refractivity contribution in [1.82, 2.24) is 4.90 Å². The molecule has 1 N–H and O–H groups in total. The van der Waals surface area contributed by atoms with E-state index in [1.807, 2.05) is 29.2 Å². The maximum absolute atomic E-state index is 13.0. The van der Waals surface area contributed by atoms with Gasteiger partial charge in [0, 0.05) is 18.8 Å². The molecule has 138 valence electrons. The predicted octanol–water partition coefficient (Wildman–Crippen LogP) is 3.37. The topological polar surface area (TPSA) is 58.6 Å². The number of likely N-dealkylation sites (tertiary alicyclic amines) is 1. The van der Waals surface area contributed by atoms with Crippen molar-refractivity contribution in [2.24, 2.45) is 10.8 Å². The van der Waals surface area contributed by atoms with E-state index in [2.05, 4.69) is 11.9 Å². The van der Waals surface area contributed by atoms with Crippen molar-refractivity contribution in [1.29, 1.82) is 0 Å². The monoisotopic (exact) mass is 354 g/mol. The van der Waals surface area contributed by atoms with Gasteiger partial charge in [0.25, 0.3) is 0 Å². The highest BCUT2D eigenvalue weighted by Crippen LogP contribution is 2.71. The molecule has 2 aliphatic carbocycles. The number of ether oxygens (including phenoxy) is 1. The Morgan fingerprint density at radius 3 is 2.23 bits per heavy atom. The lowest BCUT2D eigenvalue weighted by Crippen LogP contribution is -2.44. The lowest BCUT2D eigenvalue weighted by Gasteiger charge is -2.29. The summed E-state index contributed by atoms with van der Waals surface area (Å²) >= 11 is 0. The Labute approximate surface area is 154 Å². The van der Waals surface area contributed by atoms with Crippen molar-refractivity contribution in [2.75, 3.05) is 25.0 Å². The van der Waals surface area contributed by atoms with E-state index in [0.717, 1.165) is 63.1 Å². The Balaban J connectivity index is 1.44. The molecule has 0 atom stereocenters. The third kappa shape index (κ3) is 2.79. The van der Waals surface area contributed by atoms with Crippen LogP contribution in [0.15, 0.2) is 36.9 Å². The smallest absolute Gasteiger partial charge is 0.231 e. The summed E-state index contributed by atoms with van der Waals surface area (Å²) in [5.41, 5.74) is -0.185. The average molecular weight is 354 g/mol. The number of carbonyl (C=O) groups is 2. The number of benzene rings is 1. The first-order chi connectivity index (χ1) is 12.6. The van der Waals surface area contributed by atoms with Gasteiger partial charge < -0.3 is 15.0 Å². The molecule has 0 spiro atoms. The molecule has 1 heterocycles. The van der Waals surface area contributed by atoms with E-state index in [-0.39, 0.29) is 11.8 Å². The van der Waals surface area contributed by atoms with Crippen LogP contribution in [-0.4, -0.2) is 36.4 Å². The lowest BCUT2D eigenvalue weighted by atomic mass is 9.83. The minimum Gasteiger partial charge on any atom is -0.490 e. The number of nitrogens with one attached hydrogen (secondary N) is 1. The summed E-state index contributed by atoms with van der Waals surface area (Å²) in [5, 5.41) is 3.03. The van der Waals surface area contributed by atoms with Crippen molar-refractivity contribution < 1.29 is 14.3 Å². The van der Waals surface area contributed by atoms with Crippen molar-refractivity contribution >= 4 is 17.5 Å². The van der Waals surface area contributed by atoms with E-state index in [1.54, 1.807) is 6.08 Å². The summed E-state index contributed by atoms with van der Waals surface area (Å²) in [6.45, 7) is 5.78. The maximum atomic E-state index is 13.0. The number of anilines is 1. The van der Waals surface area contributed by atoms with Gasteiger partial charge in [0.1, 0.15) is 12.4 Å². The largest absolute Gasteiger partial charge is 0.490 e. The summed E-state index contributed by atoms with van der Waals surface area (Å²) in [6.07, 6.45) is 7.20. The summed E-state index contributed by atoms with van der Waals surface area (Å²) in [5.74, 6) is 0.963. The summed E-state index contributed by atoms with van der Waals surface area (Å²) in [7, 11) is 0. The first kappa shape index (κ1) is 17.1. The molecule has 26 heavy (non-hydrogen) atoms. The molecule has 2 amide bonds. The van der Waals surface area contributed by atoms with Crippen LogP contribution in [0.3, 0.4) is 0 Å². The molecule has 0 aromatic heterocycles. The second-order valence-electron chi connectivity index (χ2n) is 7.74. The number of nitrogens with zero attached hydrogens (tertiary/aromatic N) is 1. The molecule has 3 aliphatic rings. The van der Waals surface area contributed by atoms with Crippen molar-refractivity contribution in [3.05, 3.63) is 36.9 Å². The molecule has 0 radical (unpaired) electrons. The molecule has 4 rings (SSSR count). The third-order valence-electron chi connectivity index (χ3n) is 6.13. The van der Waals surface area contributed by atoms with Gasteiger partial charge in [0.2, 0.25) is 11.8 Å². The zero-order valence-electron chi connectivity index (χ0n) is 15.1. The van der Waals surface area contributed by atoms with Crippen molar-refractivity contribution in [3.8, 4) is 5.75 Å². The third-order valence-corrected chi connectivity index (χ3v) is 6.13. The molecule has 0 unspecified atom stereocenters. The fourth-order valence-corrected chi connectivity index (χ4v) is 4.33. The number of carbonyl (C=O) groups excluding carboxylic acids is 2. The second-order valence-corrected chi connectivity index (χ2v) is 7.74. The van der Waals surface area contributed by atoms with Gasteiger partial charge in [-0.25, -0.2) is 0 Å². The molecular weight excluding hydrogens is 328 g/mol. The van der Waals surface area contributed by atoms with Crippen LogP contribution in [0.4, 0.5) is 5.69 Å². The second kappa shape index (κ2) is 6.45. The number of rotatable bonds is 7. The van der Waals surface area contributed by atoms with E-state index in [9.17, 15) is 9.59 Å². The lowest BCUT2D eigenvalue weighted by molar-refractivity contribution is -0.143. The minimum atomic E-state index is -0.495. The van der Waals surface area contributed by atoms with Crippen LogP contribution in [0, 0.1) is 10.8 Å². The Hall–Kier alpha value is -2.30. The first-order valence-electron chi connectivity index (χ1n) is 9.56. The van der Waals surface area contributed by atoms with Crippen LogP contribution in [0.5, 0.6) is 5.75 Å². The fourth-order valence-electron chi connectivity index (χ4n) is 4.33. The van der Waals surface area contributed by atoms with Crippen molar-refractivity contribution in [3.63, 3.8) is 0 Å². The minimum absolute atomic E-state index is 0.00214. The molecule has 1 aromatic carbocycles. The Bertz CT molecular complexity index is 711. The normalized spacial score (nSPS) is 21.8. The molecule has 1 aliphatic heterocycles. The van der Waals surface area contributed by atoms with Gasteiger partial charge >= 0.3 is 0 Å². The summed E-state index contributed by atoms with van der Waals surface area (Å²) in [4.78, 5) is 28.1. The van der Waals surface area contributed by atoms with Crippen LogP contribution in [0.2, 0.25) is 0 Å². The zero-order valence-corrected chi connectivity index (χ0v) is 15.1. The number of amides is 2. The fraction of sp³-hybridized carbons (Fsp3) is 0.524. The zero-order chi connectivity index (χ0) is 18.2. The van der Waals surface area contributed by atoms with E-state index in [1.165, 1.54) is 0 Å². The highest BCUT2D eigenvalue weighted by Gasteiger charge is 2.73. The van der Waals surface area contributed by atoms with Gasteiger partial charge in [-0.1, -0.05) is 12.7 Å². The van der Waals surface area contributed by atoms with Gasteiger partial charge in [0.15, 0.2) is 0 Å². The molecule has 1 saturated heterocycles. The van der Waals surface area contributed by atoms with Crippen molar-refractivity contribution in [2.45, 2.75) is 38.5 Å². The Morgan fingerprint density at radius 1 is 1.08 bits per heavy atom. The number of hydrogen-bond acceptors (Lipinski definition) is 3. The Morgan fingerprint density at radius 2 is 1.69 bits per heavy atom. The van der Waals surface area contributed by atoms with Gasteiger partial charge in [-0.3, -0.25) is 9.59 Å². The van der Waals surface area contributed by atoms with E-state index in [4.69, 9.17) is 4.74 Å². The molecule has 2 saturated carbocycles. The van der Waals surface area contributed by atoms with E-state index in [0.29, 0.717) is 6.61 Å². The highest BCUT2D eigenvalue weighted by molar-refractivity contribution is 6.03. The van der Waals surface area contributed by atoms with Crippen LogP contribution < -0.4 is 10.1 Å².